The van der Waals surface area contributed by atoms with Crippen molar-refractivity contribution in [1.82, 2.24) is 4.90 Å². The van der Waals surface area contributed by atoms with Crippen LogP contribution in [0.1, 0.15) is 51.7 Å². The molecular formula is C19H27NO2. The Kier molecular flexibility index (Phi) is 5.30. The molecule has 0 fully saturated rings. The average molecular weight is 301 g/mol. The van der Waals surface area contributed by atoms with E-state index in [0.29, 0.717) is 5.75 Å². The zero-order chi connectivity index (χ0) is 17.1. The normalized spacial score (nSPS) is 17.3. The molecule has 0 aliphatic heterocycles. The summed E-state index contributed by atoms with van der Waals surface area (Å²) in [7, 11) is 3.23. The van der Waals surface area contributed by atoms with Crippen LogP contribution in [0.2, 0.25) is 0 Å². The van der Waals surface area contributed by atoms with E-state index in [-0.39, 0.29) is 16.7 Å². The fraction of sp³-hybridized carbons (Fsp3) is 0.526. The number of phenols is 1. The van der Waals surface area contributed by atoms with Crippen molar-refractivity contribution in [2.24, 2.45) is 0 Å². The molecule has 0 atom stereocenters. The van der Waals surface area contributed by atoms with Gasteiger partial charge in [-0.1, -0.05) is 33.8 Å². The number of carbonyl (C=O) groups excluding carboxylic acids is 1. The van der Waals surface area contributed by atoms with Crippen LogP contribution in [0.3, 0.4) is 0 Å². The topological polar surface area (TPSA) is 40.5 Å². The number of nitrogens with zero attached hydrogens (tertiary/aromatic N) is 1. The standard InChI is InChI=1S/C14H20O.C5H7NO/c1-13(2)7-8-14(3,4)12-9-10(15)5-6-11(12)13;1-4-5(7)6(2)3/h5-6,9,15H,7-8H2,1-4H3;1H,2-3H3. The highest BCUT2D eigenvalue weighted by Crippen LogP contribution is 2.46. The third-order valence-electron chi connectivity index (χ3n) is 4.37. The van der Waals surface area contributed by atoms with E-state index in [0.717, 1.165) is 0 Å². The molecule has 1 amide bonds. The minimum atomic E-state index is -0.292. The third kappa shape index (κ3) is 4.04. The molecule has 1 aliphatic rings. The number of carbonyl (C=O) groups is 1. The lowest BCUT2D eigenvalue weighted by Crippen LogP contribution is -2.33. The van der Waals surface area contributed by atoms with Crippen LogP contribution in [-0.4, -0.2) is 30.0 Å². The Bertz CT molecular complexity index is 592. The van der Waals surface area contributed by atoms with Crippen LogP contribution < -0.4 is 0 Å². The first-order valence-electron chi connectivity index (χ1n) is 7.53. The van der Waals surface area contributed by atoms with Gasteiger partial charge in [-0.15, -0.1) is 6.42 Å². The summed E-state index contributed by atoms with van der Waals surface area (Å²) in [6.07, 6.45) is 7.14. The van der Waals surface area contributed by atoms with E-state index in [9.17, 15) is 9.90 Å². The van der Waals surface area contributed by atoms with Gasteiger partial charge in [0.15, 0.2) is 0 Å². The summed E-state index contributed by atoms with van der Waals surface area (Å²) < 4.78 is 0. The van der Waals surface area contributed by atoms with E-state index in [1.807, 2.05) is 18.1 Å². The number of aromatic hydroxyl groups is 1. The van der Waals surface area contributed by atoms with E-state index < -0.39 is 0 Å². The molecule has 120 valence electrons. The van der Waals surface area contributed by atoms with Crippen molar-refractivity contribution in [2.75, 3.05) is 14.1 Å². The summed E-state index contributed by atoms with van der Waals surface area (Å²) in [6, 6.07) is 5.84. The van der Waals surface area contributed by atoms with Gasteiger partial charge in [0.05, 0.1) is 0 Å². The van der Waals surface area contributed by atoms with Crippen molar-refractivity contribution >= 4 is 5.91 Å². The van der Waals surface area contributed by atoms with Crippen LogP contribution >= 0.6 is 0 Å². The number of phenolic OH excluding ortho intramolecular Hbond substituents is 1. The number of terminal acetylenes is 1. The minimum absolute atomic E-state index is 0.198. The third-order valence-corrected chi connectivity index (χ3v) is 4.37. The molecule has 0 aromatic heterocycles. The quantitative estimate of drug-likeness (QED) is 0.746. The first-order valence-corrected chi connectivity index (χ1v) is 7.53. The van der Waals surface area contributed by atoms with E-state index in [2.05, 4.69) is 33.8 Å². The molecule has 0 radical (unpaired) electrons. The maximum absolute atomic E-state index is 10.2. The predicted octanol–water partition coefficient (Wildman–Crippen LogP) is 3.45. The lowest BCUT2D eigenvalue weighted by molar-refractivity contribution is -0.122. The molecule has 3 nitrogen and oxygen atoms in total. The van der Waals surface area contributed by atoms with Gasteiger partial charge >= 0.3 is 0 Å². The van der Waals surface area contributed by atoms with Gasteiger partial charge in [-0.2, -0.15) is 0 Å². The highest BCUT2D eigenvalue weighted by atomic mass is 16.3. The van der Waals surface area contributed by atoms with Crippen LogP contribution in [0.25, 0.3) is 0 Å². The largest absolute Gasteiger partial charge is 0.508 e. The molecule has 0 saturated carbocycles. The Labute approximate surface area is 134 Å². The van der Waals surface area contributed by atoms with E-state index in [1.165, 1.54) is 28.9 Å². The van der Waals surface area contributed by atoms with Gasteiger partial charge in [-0.25, -0.2) is 0 Å². The SMILES string of the molecule is C#CC(=O)N(C)C.CC1(C)CCC(C)(C)c2cc(O)ccc21. The van der Waals surface area contributed by atoms with Crippen LogP contribution in [0.4, 0.5) is 0 Å². The van der Waals surface area contributed by atoms with Crippen molar-refractivity contribution in [3.8, 4) is 18.1 Å². The fourth-order valence-corrected chi connectivity index (χ4v) is 2.71. The zero-order valence-corrected chi connectivity index (χ0v) is 14.5. The number of hydrogen-bond donors (Lipinski definition) is 1. The molecule has 1 aromatic rings. The predicted molar refractivity (Wildman–Crippen MR) is 90.9 cm³/mol. The number of rotatable bonds is 0. The summed E-state index contributed by atoms with van der Waals surface area (Å²) in [5, 5.41) is 9.59. The van der Waals surface area contributed by atoms with Crippen LogP contribution in [-0.2, 0) is 15.6 Å². The summed E-state index contributed by atoms with van der Waals surface area (Å²) in [5.41, 5.74) is 3.16. The van der Waals surface area contributed by atoms with Gasteiger partial charge in [0.25, 0.3) is 5.91 Å². The lowest BCUT2D eigenvalue weighted by Gasteiger charge is -2.41. The van der Waals surface area contributed by atoms with E-state index >= 15 is 0 Å². The highest BCUT2D eigenvalue weighted by molar-refractivity contribution is 5.92. The summed E-state index contributed by atoms with van der Waals surface area (Å²) in [5.74, 6) is 2.05. The van der Waals surface area contributed by atoms with Crippen molar-refractivity contribution in [3.63, 3.8) is 0 Å². The molecule has 0 bridgehead atoms. The van der Waals surface area contributed by atoms with Crippen LogP contribution in [0, 0.1) is 12.3 Å². The molecule has 1 aromatic carbocycles. The van der Waals surface area contributed by atoms with E-state index in [1.54, 1.807) is 14.1 Å². The molecule has 0 spiro atoms. The molecule has 1 N–H and O–H groups in total. The van der Waals surface area contributed by atoms with Gasteiger partial charge in [0.2, 0.25) is 0 Å². The van der Waals surface area contributed by atoms with Crippen LogP contribution in [0.5, 0.6) is 5.75 Å². The molecule has 0 unspecified atom stereocenters. The van der Waals surface area contributed by atoms with Crippen molar-refractivity contribution in [2.45, 2.75) is 51.4 Å². The lowest BCUT2D eigenvalue weighted by atomic mass is 9.63. The molecular weight excluding hydrogens is 274 g/mol. The molecule has 3 heteroatoms. The van der Waals surface area contributed by atoms with E-state index in [4.69, 9.17) is 6.42 Å². The van der Waals surface area contributed by atoms with Gasteiger partial charge in [0.1, 0.15) is 5.75 Å². The number of amides is 1. The maximum atomic E-state index is 10.2. The smallest absolute Gasteiger partial charge is 0.297 e. The summed E-state index contributed by atoms with van der Waals surface area (Å²) in [6.45, 7) is 9.11. The number of benzene rings is 1. The van der Waals surface area contributed by atoms with Gasteiger partial charge < -0.3 is 10.0 Å². The molecule has 22 heavy (non-hydrogen) atoms. The average Bonchev–Trinajstić information content (AvgIpc) is 2.43. The number of fused-ring (bicyclic) bond motifs is 1. The van der Waals surface area contributed by atoms with Gasteiger partial charge in [-0.3, -0.25) is 4.79 Å². The second-order valence-electron chi connectivity index (χ2n) is 7.34. The molecule has 1 aliphatic carbocycles. The van der Waals surface area contributed by atoms with Crippen molar-refractivity contribution < 1.29 is 9.90 Å². The first kappa shape index (κ1) is 18.1. The first-order chi connectivity index (χ1) is 10.0. The fourth-order valence-electron chi connectivity index (χ4n) is 2.71. The summed E-state index contributed by atoms with van der Waals surface area (Å²) in [4.78, 5) is 11.5. The Balaban J connectivity index is 0.000000295. The monoisotopic (exact) mass is 301 g/mol. The Morgan fingerprint density at radius 3 is 2.05 bits per heavy atom. The summed E-state index contributed by atoms with van der Waals surface area (Å²) >= 11 is 0. The zero-order valence-electron chi connectivity index (χ0n) is 14.5. The van der Waals surface area contributed by atoms with Gasteiger partial charge in [0, 0.05) is 14.1 Å². The maximum Gasteiger partial charge on any atom is 0.297 e. The van der Waals surface area contributed by atoms with Crippen molar-refractivity contribution in [1.29, 1.82) is 0 Å². The molecule has 0 saturated heterocycles. The second-order valence-corrected chi connectivity index (χ2v) is 7.34. The highest BCUT2D eigenvalue weighted by Gasteiger charge is 2.36. The Morgan fingerprint density at radius 1 is 1.14 bits per heavy atom. The second kappa shape index (κ2) is 6.44. The number of hydrogen-bond acceptors (Lipinski definition) is 2. The minimum Gasteiger partial charge on any atom is -0.508 e. The molecule has 0 heterocycles. The Hall–Kier alpha value is -1.95. The Morgan fingerprint density at radius 2 is 1.64 bits per heavy atom. The molecule has 2 rings (SSSR count). The van der Waals surface area contributed by atoms with Crippen LogP contribution in [0.15, 0.2) is 18.2 Å². The van der Waals surface area contributed by atoms with Crippen molar-refractivity contribution in [3.05, 3.63) is 29.3 Å². The van der Waals surface area contributed by atoms with Gasteiger partial charge in [-0.05, 0) is 52.9 Å².